The highest BCUT2D eigenvalue weighted by Crippen LogP contribution is 2.13. The monoisotopic (exact) mass is 310 g/mol. The summed E-state index contributed by atoms with van der Waals surface area (Å²) in [7, 11) is 4.19. The first-order chi connectivity index (χ1) is 10.1. The molecule has 0 spiro atoms. The highest BCUT2D eigenvalue weighted by molar-refractivity contribution is 7.12. The lowest BCUT2D eigenvalue weighted by atomic mass is 10.0. The van der Waals surface area contributed by atoms with Gasteiger partial charge >= 0.3 is 0 Å². The Labute approximate surface area is 130 Å². The van der Waals surface area contributed by atoms with Crippen molar-refractivity contribution in [2.24, 2.45) is 4.99 Å². The van der Waals surface area contributed by atoms with Crippen molar-refractivity contribution in [3.05, 3.63) is 22.4 Å². The summed E-state index contributed by atoms with van der Waals surface area (Å²) >= 11 is 1.40. The number of piperidine rings is 1. The predicted molar refractivity (Wildman–Crippen MR) is 85.1 cm³/mol. The number of rotatable bonds is 3. The summed E-state index contributed by atoms with van der Waals surface area (Å²) < 4.78 is 5.61. The largest absolute Gasteiger partial charge is 0.465 e. The molecular formula is C15H24N3O2S+. The van der Waals surface area contributed by atoms with Crippen LogP contribution in [0.4, 0.5) is 0 Å². The average molecular weight is 310 g/mol. The van der Waals surface area contributed by atoms with Gasteiger partial charge in [0.2, 0.25) is 0 Å². The van der Waals surface area contributed by atoms with Gasteiger partial charge in [-0.3, -0.25) is 4.79 Å². The Morgan fingerprint density at radius 1 is 1.52 bits per heavy atom. The molecule has 116 valence electrons. The van der Waals surface area contributed by atoms with Gasteiger partial charge in [0.1, 0.15) is 0 Å². The smallest absolute Gasteiger partial charge is 0.295 e. The third kappa shape index (κ3) is 4.28. The van der Waals surface area contributed by atoms with E-state index in [9.17, 15) is 4.79 Å². The molecule has 1 saturated heterocycles. The van der Waals surface area contributed by atoms with Gasteiger partial charge in [-0.15, -0.1) is 11.3 Å². The average Bonchev–Trinajstić information content (AvgIpc) is 3.01. The van der Waals surface area contributed by atoms with E-state index in [4.69, 9.17) is 4.74 Å². The maximum absolute atomic E-state index is 12.1. The van der Waals surface area contributed by atoms with Crippen LogP contribution >= 0.6 is 11.3 Å². The van der Waals surface area contributed by atoms with E-state index >= 15 is 0 Å². The number of hydrogen-bond acceptors (Lipinski definition) is 3. The number of carbonyl (C=O) groups is 1. The number of quaternary nitrogens is 1. The molecule has 0 aromatic carbocycles. The predicted octanol–water partition coefficient (Wildman–Crippen LogP) is 0.890. The summed E-state index contributed by atoms with van der Waals surface area (Å²) in [6.07, 6.45) is 2.20. The standard InChI is InChI=1S/C15H23N3O2S/c1-4-20-15(16-14(19)13-6-5-11-21-13)18(3)12-7-9-17(2)10-8-12/h5-6,11-12H,4,7-10H2,1-3H3/p+1. The Kier molecular flexibility index (Phi) is 5.76. The van der Waals surface area contributed by atoms with Gasteiger partial charge in [-0.05, 0) is 18.4 Å². The Hall–Kier alpha value is -1.40. The molecule has 2 heterocycles. The number of hydrogen-bond donors (Lipinski definition) is 1. The van der Waals surface area contributed by atoms with Crippen LogP contribution in [-0.4, -0.2) is 56.7 Å². The van der Waals surface area contributed by atoms with Gasteiger partial charge < -0.3 is 14.5 Å². The Balaban J connectivity index is 2.08. The van der Waals surface area contributed by atoms with Crippen LogP contribution in [0.3, 0.4) is 0 Å². The summed E-state index contributed by atoms with van der Waals surface area (Å²) in [5, 5.41) is 1.88. The van der Waals surface area contributed by atoms with Gasteiger partial charge in [-0.2, -0.15) is 4.99 Å². The van der Waals surface area contributed by atoms with Gasteiger partial charge in [-0.25, -0.2) is 0 Å². The molecule has 5 nitrogen and oxygen atoms in total. The fourth-order valence-corrected chi connectivity index (χ4v) is 3.13. The van der Waals surface area contributed by atoms with E-state index in [0.717, 1.165) is 25.9 Å². The van der Waals surface area contributed by atoms with Crippen molar-refractivity contribution in [2.75, 3.05) is 33.8 Å². The zero-order chi connectivity index (χ0) is 15.2. The van der Waals surface area contributed by atoms with Crippen LogP contribution in [0, 0.1) is 0 Å². The molecule has 1 aromatic rings. The maximum atomic E-state index is 12.1. The highest BCUT2D eigenvalue weighted by Gasteiger charge is 2.26. The summed E-state index contributed by atoms with van der Waals surface area (Å²) in [6, 6.07) is 4.49. The fraction of sp³-hybridized carbons (Fsp3) is 0.600. The van der Waals surface area contributed by atoms with Crippen molar-refractivity contribution in [1.29, 1.82) is 0 Å². The lowest BCUT2D eigenvalue weighted by Crippen LogP contribution is -3.10. The Morgan fingerprint density at radius 3 is 2.81 bits per heavy atom. The summed E-state index contributed by atoms with van der Waals surface area (Å²) in [5.74, 6) is -0.223. The number of ether oxygens (including phenoxy) is 1. The summed E-state index contributed by atoms with van der Waals surface area (Å²) in [5.41, 5.74) is 0. The second-order valence-electron chi connectivity index (χ2n) is 5.41. The third-order valence-electron chi connectivity index (χ3n) is 3.86. The van der Waals surface area contributed by atoms with Crippen molar-refractivity contribution in [3.63, 3.8) is 0 Å². The minimum absolute atomic E-state index is 0.223. The molecule has 21 heavy (non-hydrogen) atoms. The molecule has 6 heteroatoms. The molecule has 0 bridgehead atoms. The molecule has 1 amide bonds. The Bertz CT molecular complexity index is 479. The number of likely N-dealkylation sites (tertiary alicyclic amines) is 1. The van der Waals surface area contributed by atoms with Gasteiger partial charge in [0.05, 0.1) is 31.6 Å². The van der Waals surface area contributed by atoms with Crippen LogP contribution in [0.1, 0.15) is 29.4 Å². The molecular weight excluding hydrogens is 286 g/mol. The van der Waals surface area contributed by atoms with E-state index in [0.29, 0.717) is 23.5 Å². The second kappa shape index (κ2) is 7.56. The van der Waals surface area contributed by atoms with Crippen LogP contribution in [-0.2, 0) is 4.74 Å². The van der Waals surface area contributed by atoms with Crippen molar-refractivity contribution in [3.8, 4) is 0 Å². The van der Waals surface area contributed by atoms with E-state index in [1.807, 2.05) is 30.3 Å². The van der Waals surface area contributed by atoms with E-state index in [-0.39, 0.29) is 5.91 Å². The third-order valence-corrected chi connectivity index (χ3v) is 4.72. The summed E-state index contributed by atoms with van der Waals surface area (Å²) in [4.78, 5) is 20.6. The molecule has 0 atom stereocenters. The second-order valence-corrected chi connectivity index (χ2v) is 6.36. The van der Waals surface area contributed by atoms with Crippen molar-refractivity contribution in [2.45, 2.75) is 25.8 Å². The first-order valence-electron chi connectivity index (χ1n) is 7.45. The molecule has 0 aliphatic carbocycles. The molecule has 1 N–H and O–H groups in total. The van der Waals surface area contributed by atoms with Crippen LogP contribution in [0.2, 0.25) is 0 Å². The normalized spacial score (nSPS) is 22.9. The van der Waals surface area contributed by atoms with Gasteiger partial charge in [0.15, 0.2) is 0 Å². The van der Waals surface area contributed by atoms with Crippen LogP contribution in [0.25, 0.3) is 0 Å². The number of thiophene rings is 1. The minimum atomic E-state index is -0.223. The number of nitrogens with one attached hydrogen (secondary N) is 1. The molecule has 1 aliphatic heterocycles. The zero-order valence-electron chi connectivity index (χ0n) is 13.0. The molecule has 0 radical (unpaired) electrons. The first kappa shape index (κ1) is 16.0. The summed E-state index contributed by atoms with van der Waals surface area (Å²) in [6.45, 7) is 4.72. The molecule has 1 aromatic heterocycles. The lowest BCUT2D eigenvalue weighted by molar-refractivity contribution is -0.885. The van der Waals surface area contributed by atoms with Crippen LogP contribution in [0.5, 0.6) is 0 Å². The minimum Gasteiger partial charge on any atom is -0.465 e. The van der Waals surface area contributed by atoms with E-state index in [1.54, 1.807) is 11.0 Å². The molecule has 2 rings (SSSR count). The highest BCUT2D eigenvalue weighted by atomic mass is 32.1. The molecule has 1 aliphatic rings. The fourth-order valence-electron chi connectivity index (χ4n) is 2.52. The molecule has 0 saturated carbocycles. The Morgan fingerprint density at radius 2 is 2.24 bits per heavy atom. The van der Waals surface area contributed by atoms with Crippen molar-refractivity contribution in [1.82, 2.24) is 4.90 Å². The van der Waals surface area contributed by atoms with E-state index in [2.05, 4.69) is 12.0 Å². The number of amides is 1. The van der Waals surface area contributed by atoms with E-state index in [1.165, 1.54) is 11.3 Å². The lowest BCUT2D eigenvalue weighted by Gasteiger charge is -2.34. The van der Waals surface area contributed by atoms with Gasteiger partial charge in [-0.1, -0.05) is 6.07 Å². The van der Waals surface area contributed by atoms with E-state index < -0.39 is 0 Å². The maximum Gasteiger partial charge on any atom is 0.295 e. The number of amidine groups is 1. The number of aliphatic imine (C=N–C) groups is 1. The quantitative estimate of drug-likeness (QED) is 0.666. The van der Waals surface area contributed by atoms with Crippen LogP contribution in [0.15, 0.2) is 22.5 Å². The van der Waals surface area contributed by atoms with Crippen LogP contribution < -0.4 is 4.90 Å². The van der Waals surface area contributed by atoms with Gasteiger partial charge in [0.25, 0.3) is 11.9 Å². The number of carbonyl (C=O) groups excluding carboxylic acids is 1. The zero-order valence-corrected chi connectivity index (χ0v) is 13.8. The topological polar surface area (TPSA) is 46.3 Å². The van der Waals surface area contributed by atoms with Gasteiger partial charge in [0, 0.05) is 25.9 Å². The number of nitrogens with zero attached hydrogens (tertiary/aromatic N) is 2. The van der Waals surface area contributed by atoms with Crippen molar-refractivity contribution >= 4 is 23.3 Å². The van der Waals surface area contributed by atoms with Crippen molar-refractivity contribution < 1.29 is 14.4 Å². The SMILES string of the molecule is CCOC(=NC(=O)c1cccs1)N(C)C1CC[NH+](C)CC1. The molecule has 0 unspecified atom stereocenters. The first-order valence-corrected chi connectivity index (χ1v) is 8.33. The molecule has 1 fully saturated rings.